The summed E-state index contributed by atoms with van der Waals surface area (Å²) in [4.78, 5) is 12.0. The zero-order valence-electron chi connectivity index (χ0n) is 12.3. The van der Waals surface area contributed by atoms with E-state index >= 15 is 0 Å². The smallest absolute Gasteiger partial charge is 0.246 e. The third-order valence-corrected chi connectivity index (χ3v) is 3.88. The number of hydrogen-bond donors (Lipinski definition) is 1. The summed E-state index contributed by atoms with van der Waals surface area (Å²) in [5.41, 5.74) is 2.04. The number of hydrogen-bond acceptors (Lipinski definition) is 2. The van der Waals surface area contributed by atoms with E-state index in [0.29, 0.717) is 5.92 Å². The van der Waals surface area contributed by atoms with Crippen LogP contribution in [0.1, 0.15) is 24.6 Å². The van der Waals surface area contributed by atoms with Gasteiger partial charge >= 0.3 is 0 Å². The fraction of sp³-hybridized carbons (Fsp3) is 0.375. The molecule has 22 heavy (non-hydrogen) atoms. The number of aromatic nitrogens is 2. The van der Waals surface area contributed by atoms with Crippen molar-refractivity contribution in [1.82, 2.24) is 9.78 Å². The van der Waals surface area contributed by atoms with E-state index in [9.17, 15) is 13.6 Å². The Kier molecular flexibility index (Phi) is 3.92. The normalized spacial score (nSPS) is 17.1. The Bertz CT molecular complexity index is 711. The highest BCUT2D eigenvalue weighted by molar-refractivity contribution is 5.90. The van der Waals surface area contributed by atoms with Crippen molar-refractivity contribution in [1.29, 1.82) is 0 Å². The maximum atomic E-state index is 13.5. The number of anilines is 1. The van der Waals surface area contributed by atoms with Crippen LogP contribution in [0.3, 0.4) is 0 Å². The molecule has 1 aliphatic rings. The van der Waals surface area contributed by atoms with Crippen LogP contribution in [0.25, 0.3) is 0 Å². The van der Waals surface area contributed by atoms with Crippen molar-refractivity contribution >= 4 is 11.6 Å². The molecule has 2 aromatic rings. The average molecular weight is 305 g/mol. The van der Waals surface area contributed by atoms with Gasteiger partial charge in [-0.05, 0) is 42.9 Å². The fourth-order valence-electron chi connectivity index (χ4n) is 2.76. The third kappa shape index (κ3) is 3.16. The quantitative estimate of drug-likeness (QED) is 0.948. The van der Waals surface area contributed by atoms with Gasteiger partial charge in [-0.15, -0.1) is 0 Å². The third-order valence-electron chi connectivity index (χ3n) is 3.88. The number of amides is 1. The predicted octanol–water partition coefficient (Wildman–Crippen LogP) is 2.92. The van der Waals surface area contributed by atoms with E-state index < -0.39 is 17.5 Å². The number of benzene rings is 1. The van der Waals surface area contributed by atoms with Crippen LogP contribution in [0, 0.1) is 17.6 Å². The van der Waals surface area contributed by atoms with Gasteiger partial charge in [0.05, 0.1) is 11.4 Å². The molecule has 4 nitrogen and oxygen atoms in total. The zero-order chi connectivity index (χ0) is 15.7. The first-order valence-corrected chi connectivity index (χ1v) is 7.31. The molecule has 1 aromatic heterocycles. The molecule has 3 rings (SSSR count). The summed E-state index contributed by atoms with van der Waals surface area (Å²) in [5, 5.41) is 6.77. The molecular weight excluding hydrogens is 288 g/mol. The van der Waals surface area contributed by atoms with Gasteiger partial charge in [0.2, 0.25) is 5.91 Å². The predicted molar refractivity (Wildman–Crippen MR) is 78.4 cm³/mol. The van der Waals surface area contributed by atoms with Crippen molar-refractivity contribution in [2.75, 3.05) is 5.32 Å². The van der Waals surface area contributed by atoms with Gasteiger partial charge in [0.25, 0.3) is 0 Å². The number of aryl methyl sites for hydroxylation is 1. The summed E-state index contributed by atoms with van der Waals surface area (Å²) in [6, 6.07) is 2.95. The second kappa shape index (κ2) is 5.87. The van der Waals surface area contributed by atoms with Crippen molar-refractivity contribution < 1.29 is 13.6 Å². The van der Waals surface area contributed by atoms with Gasteiger partial charge in [0, 0.05) is 12.3 Å². The Morgan fingerprint density at radius 3 is 3.09 bits per heavy atom. The van der Waals surface area contributed by atoms with E-state index in [0.717, 1.165) is 43.2 Å². The first kappa shape index (κ1) is 14.7. The van der Waals surface area contributed by atoms with Gasteiger partial charge in [-0.25, -0.2) is 8.78 Å². The monoisotopic (exact) mass is 305 g/mol. The number of nitrogens with one attached hydrogen (secondary N) is 1. The molecule has 0 radical (unpaired) electrons. The Balaban J connectivity index is 1.68. The summed E-state index contributed by atoms with van der Waals surface area (Å²) in [6.45, 7) is 2.18. The van der Waals surface area contributed by atoms with Gasteiger partial charge in [0.15, 0.2) is 0 Å². The Labute approximate surface area is 127 Å². The second-order valence-corrected chi connectivity index (χ2v) is 5.82. The largest absolute Gasteiger partial charge is 0.322 e. The van der Waals surface area contributed by atoms with Crippen molar-refractivity contribution in [3.8, 4) is 0 Å². The molecule has 1 atom stereocenters. The lowest BCUT2D eigenvalue weighted by molar-refractivity contribution is -0.116. The van der Waals surface area contributed by atoms with E-state index in [-0.39, 0.29) is 12.2 Å². The van der Waals surface area contributed by atoms with Gasteiger partial charge in [0.1, 0.15) is 18.2 Å². The van der Waals surface area contributed by atoms with Crippen LogP contribution >= 0.6 is 0 Å². The standard InChI is InChI=1S/C16H17F2N3O/c1-10-2-5-14-11(6-10)8-21(20-14)9-16(22)19-15-7-12(17)3-4-13(15)18/h3-4,7-8,10H,2,5-6,9H2,1H3,(H,19,22)/t10-/m0/s1. The minimum atomic E-state index is -0.664. The van der Waals surface area contributed by atoms with Crippen molar-refractivity contribution in [2.24, 2.45) is 5.92 Å². The van der Waals surface area contributed by atoms with Crippen LogP contribution in [-0.4, -0.2) is 15.7 Å². The molecule has 0 saturated carbocycles. The molecule has 0 bridgehead atoms. The molecule has 0 saturated heterocycles. The highest BCUT2D eigenvalue weighted by Crippen LogP contribution is 2.24. The summed E-state index contributed by atoms with van der Waals surface area (Å²) < 4.78 is 28.1. The molecule has 0 spiro atoms. The Hall–Kier alpha value is -2.24. The van der Waals surface area contributed by atoms with Gasteiger partial charge in [-0.3, -0.25) is 9.48 Å². The van der Waals surface area contributed by atoms with Crippen LogP contribution in [-0.2, 0) is 24.2 Å². The zero-order valence-corrected chi connectivity index (χ0v) is 12.3. The van der Waals surface area contributed by atoms with Crippen LogP contribution in [0.2, 0.25) is 0 Å². The Morgan fingerprint density at radius 2 is 2.27 bits per heavy atom. The molecule has 0 aliphatic heterocycles. The number of nitrogens with zero attached hydrogens (tertiary/aromatic N) is 2. The lowest BCUT2D eigenvalue weighted by Gasteiger charge is -2.15. The van der Waals surface area contributed by atoms with Crippen molar-refractivity contribution in [3.05, 3.63) is 47.3 Å². The number of rotatable bonds is 3. The topological polar surface area (TPSA) is 46.9 Å². The highest BCUT2D eigenvalue weighted by Gasteiger charge is 2.19. The molecule has 1 aromatic carbocycles. The number of fused-ring (bicyclic) bond motifs is 1. The van der Waals surface area contributed by atoms with E-state index in [1.165, 1.54) is 5.56 Å². The molecule has 116 valence electrons. The van der Waals surface area contributed by atoms with Gasteiger partial charge < -0.3 is 5.32 Å². The minimum Gasteiger partial charge on any atom is -0.322 e. The first-order chi connectivity index (χ1) is 10.5. The molecule has 6 heteroatoms. The molecule has 0 fully saturated rings. The molecule has 1 aliphatic carbocycles. The van der Waals surface area contributed by atoms with E-state index in [1.54, 1.807) is 4.68 Å². The fourth-order valence-corrected chi connectivity index (χ4v) is 2.76. The van der Waals surface area contributed by atoms with E-state index in [4.69, 9.17) is 0 Å². The maximum Gasteiger partial charge on any atom is 0.246 e. The minimum absolute atomic E-state index is 0.0165. The summed E-state index contributed by atoms with van der Waals surface area (Å²) in [5.74, 6) is -1.07. The highest BCUT2D eigenvalue weighted by atomic mass is 19.1. The molecule has 1 amide bonds. The molecular formula is C16H17F2N3O. The number of carbonyl (C=O) groups excluding carboxylic acids is 1. The average Bonchev–Trinajstić information content (AvgIpc) is 2.84. The maximum absolute atomic E-state index is 13.5. The summed E-state index contributed by atoms with van der Waals surface area (Å²) in [7, 11) is 0. The van der Waals surface area contributed by atoms with E-state index in [2.05, 4.69) is 17.3 Å². The van der Waals surface area contributed by atoms with Gasteiger partial charge in [-0.2, -0.15) is 5.10 Å². The second-order valence-electron chi connectivity index (χ2n) is 5.82. The van der Waals surface area contributed by atoms with Crippen molar-refractivity contribution in [2.45, 2.75) is 32.7 Å². The molecule has 1 heterocycles. The van der Waals surface area contributed by atoms with E-state index in [1.807, 2.05) is 6.20 Å². The summed E-state index contributed by atoms with van der Waals surface area (Å²) in [6.07, 6.45) is 4.86. The van der Waals surface area contributed by atoms with Crippen LogP contribution in [0.5, 0.6) is 0 Å². The molecule has 0 unspecified atom stereocenters. The number of carbonyl (C=O) groups is 1. The SMILES string of the molecule is C[C@H]1CCc2nn(CC(=O)Nc3cc(F)ccc3F)cc2C1. The summed E-state index contributed by atoms with van der Waals surface area (Å²) >= 11 is 0. The molecule has 1 N–H and O–H groups in total. The van der Waals surface area contributed by atoms with Crippen molar-refractivity contribution in [3.63, 3.8) is 0 Å². The van der Waals surface area contributed by atoms with Crippen LogP contribution < -0.4 is 5.32 Å². The lowest BCUT2D eigenvalue weighted by atomic mass is 9.89. The first-order valence-electron chi connectivity index (χ1n) is 7.31. The number of halogens is 2. The lowest BCUT2D eigenvalue weighted by Crippen LogP contribution is -2.20. The Morgan fingerprint density at radius 1 is 1.45 bits per heavy atom. The van der Waals surface area contributed by atoms with Crippen LogP contribution in [0.4, 0.5) is 14.5 Å². The van der Waals surface area contributed by atoms with Gasteiger partial charge in [-0.1, -0.05) is 6.92 Å². The van der Waals surface area contributed by atoms with Crippen LogP contribution in [0.15, 0.2) is 24.4 Å².